The number of ether oxygens (including phenoxy) is 2. The molecule has 1 rings (SSSR count). The van der Waals surface area contributed by atoms with E-state index in [1.54, 1.807) is 7.11 Å². The van der Waals surface area contributed by atoms with Gasteiger partial charge in [0.15, 0.2) is 0 Å². The number of piperidine rings is 1. The molecule has 1 atom stereocenters. The first-order chi connectivity index (χ1) is 9.55. The summed E-state index contributed by atoms with van der Waals surface area (Å²) in [6, 6.07) is 0. The molecule has 0 amide bonds. The quantitative estimate of drug-likeness (QED) is 0.684. The maximum atomic E-state index is 12.2. The van der Waals surface area contributed by atoms with Crippen LogP contribution < -0.4 is 5.32 Å². The van der Waals surface area contributed by atoms with Gasteiger partial charge in [-0.3, -0.25) is 4.79 Å². The Kier molecular flexibility index (Phi) is 7.48. The summed E-state index contributed by atoms with van der Waals surface area (Å²) in [5.74, 6) is -0.151. The summed E-state index contributed by atoms with van der Waals surface area (Å²) < 4.78 is 10.6. The van der Waals surface area contributed by atoms with Crippen LogP contribution in [0.25, 0.3) is 0 Å². The zero-order valence-corrected chi connectivity index (χ0v) is 13.4. The van der Waals surface area contributed by atoms with Crippen LogP contribution in [0.2, 0.25) is 0 Å². The van der Waals surface area contributed by atoms with Gasteiger partial charge in [0.25, 0.3) is 0 Å². The summed E-state index contributed by atoms with van der Waals surface area (Å²) in [5, 5.41) is 3.36. The van der Waals surface area contributed by atoms with Crippen molar-refractivity contribution < 1.29 is 14.3 Å². The Balaban J connectivity index is 2.58. The molecule has 1 fully saturated rings. The Morgan fingerprint density at radius 3 is 2.50 bits per heavy atom. The molecular formula is C15H30N2O3. The number of rotatable bonds is 8. The fourth-order valence-electron chi connectivity index (χ4n) is 2.63. The summed E-state index contributed by atoms with van der Waals surface area (Å²) >= 11 is 0. The zero-order chi connectivity index (χ0) is 15.0. The Morgan fingerprint density at radius 2 is 2.00 bits per heavy atom. The number of methoxy groups -OCH3 is 1. The first-order valence-corrected chi connectivity index (χ1v) is 7.73. The molecule has 0 saturated carbocycles. The van der Waals surface area contributed by atoms with Crippen molar-refractivity contribution in [1.82, 2.24) is 10.2 Å². The van der Waals surface area contributed by atoms with Crippen molar-refractivity contribution in [1.29, 1.82) is 0 Å². The van der Waals surface area contributed by atoms with Gasteiger partial charge >= 0.3 is 5.97 Å². The topological polar surface area (TPSA) is 50.8 Å². The first-order valence-electron chi connectivity index (χ1n) is 7.73. The standard InChI is InChI=1S/C15H30N2O3/c1-5-9-16-15(3,14(18)20-6-2)12-17-10-7-13(19-4)8-11-17/h13,16H,5-12H2,1-4H3. The van der Waals surface area contributed by atoms with Crippen LogP contribution in [0.1, 0.15) is 40.0 Å². The Morgan fingerprint density at radius 1 is 1.35 bits per heavy atom. The number of esters is 1. The van der Waals surface area contributed by atoms with Gasteiger partial charge in [0, 0.05) is 26.7 Å². The maximum absolute atomic E-state index is 12.2. The van der Waals surface area contributed by atoms with E-state index in [1.165, 1.54) is 0 Å². The van der Waals surface area contributed by atoms with Gasteiger partial charge in [-0.05, 0) is 39.7 Å². The highest BCUT2D eigenvalue weighted by atomic mass is 16.5. The van der Waals surface area contributed by atoms with Crippen LogP contribution in [0.4, 0.5) is 0 Å². The van der Waals surface area contributed by atoms with Crippen molar-refractivity contribution in [2.24, 2.45) is 0 Å². The van der Waals surface area contributed by atoms with Crippen LogP contribution in [-0.2, 0) is 14.3 Å². The van der Waals surface area contributed by atoms with Gasteiger partial charge in [0.2, 0.25) is 0 Å². The molecule has 1 saturated heterocycles. The van der Waals surface area contributed by atoms with E-state index in [2.05, 4.69) is 17.1 Å². The highest BCUT2D eigenvalue weighted by Gasteiger charge is 2.36. The number of nitrogens with zero attached hydrogens (tertiary/aromatic N) is 1. The number of carbonyl (C=O) groups excluding carboxylic acids is 1. The molecule has 0 aromatic carbocycles. The van der Waals surface area contributed by atoms with Crippen molar-refractivity contribution >= 4 is 5.97 Å². The molecule has 5 nitrogen and oxygen atoms in total. The SMILES string of the molecule is CCCNC(C)(CN1CCC(OC)CC1)C(=O)OCC. The van der Waals surface area contributed by atoms with Gasteiger partial charge in [0.05, 0.1) is 12.7 Å². The fraction of sp³-hybridized carbons (Fsp3) is 0.933. The molecule has 20 heavy (non-hydrogen) atoms. The molecule has 0 spiro atoms. The predicted molar refractivity (Wildman–Crippen MR) is 79.8 cm³/mol. The van der Waals surface area contributed by atoms with Crippen LogP contribution in [0, 0.1) is 0 Å². The molecule has 0 aromatic heterocycles. The van der Waals surface area contributed by atoms with Crippen LogP contribution in [0.5, 0.6) is 0 Å². The number of likely N-dealkylation sites (tertiary alicyclic amines) is 1. The molecule has 1 aliphatic heterocycles. The third-order valence-corrected chi connectivity index (χ3v) is 3.90. The van der Waals surface area contributed by atoms with Gasteiger partial charge < -0.3 is 19.7 Å². The lowest BCUT2D eigenvalue weighted by Crippen LogP contribution is -2.58. The number of hydrogen-bond acceptors (Lipinski definition) is 5. The summed E-state index contributed by atoms with van der Waals surface area (Å²) in [6.07, 6.45) is 3.43. The van der Waals surface area contributed by atoms with E-state index in [0.717, 1.165) is 38.9 Å². The van der Waals surface area contributed by atoms with E-state index in [4.69, 9.17) is 9.47 Å². The third-order valence-electron chi connectivity index (χ3n) is 3.90. The lowest BCUT2D eigenvalue weighted by molar-refractivity contribution is -0.151. The summed E-state index contributed by atoms with van der Waals surface area (Å²) in [5.41, 5.74) is -0.619. The zero-order valence-electron chi connectivity index (χ0n) is 13.4. The highest BCUT2D eigenvalue weighted by Crippen LogP contribution is 2.17. The molecule has 0 bridgehead atoms. The van der Waals surface area contributed by atoms with E-state index in [-0.39, 0.29) is 5.97 Å². The summed E-state index contributed by atoms with van der Waals surface area (Å²) in [4.78, 5) is 14.6. The Hall–Kier alpha value is -0.650. The van der Waals surface area contributed by atoms with Crippen LogP contribution in [0.15, 0.2) is 0 Å². The molecule has 118 valence electrons. The van der Waals surface area contributed by atoms with Gasteiger partial charge in [0.1, 0.15) is 5.54 Å². The van der Waals surface area contributed by atoms with Crippen molar-refractivity contribution in [3.8, 4) is 0 Å². The Bertz CT molecular complexity index is 291. The first kappa shape index (κ1) is 17.4. The second-order valence-corrected chi connectivity index (χ2v) is 5.69. The largest absolute Gasteiger partial charge is 0.465 e. The molecule has 1 unspecified atom stereocenters. The van der Waals surface area contributed by atoms with Gasteiger partial charge in [-0.25, -0.2) is 0 Å². The van der Waals surface area contributed by atoms with Crippen LogP contribution in [-0.4, -0.2) is 62.4 Å². The molecule has 0 aromatic rings. The van der Waals surface area contributed by atoms with E-state index in [1.807, 2.05) is 13.8 Å². The maximum Gasteiger partial charge on any atom is 0.327 e. The monoisotopic (exact) mass is 286 g/mol. The molecule has 5 heteroatoms. The third kappa shape index (κ3) is 5.04. The number of nitrogens with one attached hydrogen (secondary N) is 1. The minimum Gasteiger partial charge on any atom is -0.465 e. The normalized spacial score (nSPS) is 20.6. The van der Waals surface area contributed by atoms with Gasteiger partial charge in [-0.15, -0.1) is 0 Å². The van der Waals surface area contributed by atoms with E-state index < -0.39 is 5.54 Å². The average molecular weight is 286 g/mol. The van der Waals surface area contributed by atoms with Crippen molar-refractivity contribution in [3.05, 3.63) is 0 Å². The molecule has 1 heterocycles. The van der Waals surface area contributed by atoms with E-state index >= 15 is 0 Å². The van der Waals surface area contributed by atoms with Crippen molar-refractivity contribution in [2.45, 2.75) is 51.7 Å². The van der Waals surface area contributed by atoms with Gasteiger partial charge in [-0.2, -0.15) is 0 Å². The number of carbonyl (C=O) groups is 1. The minimum absolute atomic E-state index is 0.151. The van der Waals surface area contributed by atoms with E-state index in [0.29, 0.717) is 19.3 Å². The number of hydrogen-bond donors (Lipinski definition) is 1. The van der Waals surface area contributed by atoms with Gasteiger partial charge in [-0.1, -0.05) is 6.92 Å². The average Bonchev–Trinajstić information content (AvgIpc) is 2.46. The molecule has 1 aliphatic rings. The molecular weight excluding hydrogens is 256 g/mol. The molecule has 0 aliphatic carbocycles. The summed E-state index contributed by atoms with van der Waals surface area (Å²) in [6.45, 7) is 9.79. The molecule has 1 N–H and O–H groups in total. The van der Waals surface area contributed by atoms with E-state index in [9.17, 15) is 4.79 Å². The van der Waals surface area contributed by atoms with Crippen molar-refractivity contribution in [2.75, 3.05) is 39.9 Å². The smallest absolute Gasteiger partial charge is 0.327 e. The second-order valence-electron chi connectivity index (χ2n) is 5.69. The Labute approximate surface area is 123 Å². The second kappa shape index (κ2) is 8.60. The lowest BCUT2D eigenvalue weighted by atomic mass is 9.99. The predicted octanol–water partition coefficient (Wildman–Crippen LogP) is 1.42. The van der Waals surface area contributed by atoms with Crippen LogP contribution >= 0.6 is 0 Å². The minimum atomic E-state index is -0.619. The lowest BCUT2D eigenvalue weighted by Gasteiger charge is -2.37. The summed E-state index contributed by atoms with van der Waals surface area (Å²) in [7, 11) is 1.77. The van der Waals surface area contributed by atoms with Crippen molar-refractivity contribution in [3.63, 3.8) is 0 Å². The highest BCUT2D eigenvalue weighted by molar-refractivity contribution is 5.80. The van der Waals surface area contributed by atoms with Crippen LogP contribution in [0.3, 0.4) is 0 Å². The molecule has 0 radical (unpaired) electrons. The fourth-order valence-corrected chi connectivity index (χ4v) is 2.63.